The highest BCUT2D eigenvalue weighted by atomic mass is 79.9. The summed E-state index contributed by atoms with van der Waals surface area (Å²) in [5.74, 6) is -0.168. The summed E-state index contributed by atoms with van der Waals surface area (Å²) < 4.78 is 14.9. The Morgan fingerprint density at radius 3 is 2.67 bits per heavy atom. The van der Waals surface area contributed by atoms with Crippen LogP contribution in [0.4, 0.5) is 4.39 Å². The molecule has 21 heavy (non-hydrogen) atoms. The van der Waals surface area contributed by atoms with Gasteiger partial charge in [-0.05, 0) is 53.9 Å². The second-order valence-electron chi connectivity index (χ2n) is 5.34. The van der Waals surface area contributed by atoms with Crippen molar-refractivity contribution in [3.8, 4) is 0 Å². The van der Waals surface area contributed by atoms with Gasteiger partial charge in [-0.1, -0.05) is 48.9 Å². The molecule has 0 bridgehead atoms. The molecule has 0 aliphatic heterocycles. The first-order chi connectivity index (χ1) is 10.1. The Labute approximate surface area is 134 Å². The van der Waals surface area contributed by atoms with Crippen LogP contribution in [0.25, 0.3) is 0 Å². The minimum atomic E-state index is -0.168. The fraction of sp³-hybridized carbons (Fsp3) is 0.333. The number of benzene rings is 2. The highest BCUT2D eigenvalue weighted by Gasteiger charge is 2.17. The molecule has 112 valence electrons. The van der Waals surface area contributed by atoms with Crippen LogP contribution in [0.5, 0.6) is 0 Å². The fourth-order valence-electron chi connectivity index (χ4n) is 2.48. The van der Waals surface area contributed by atoms with Crippen LogP contribution in [-0.2, 0) is 6.42 Å². The Morgan fingerprint density at radius 1 is 1.19 bits per heavy atom. The lowest BCUT2D eigenvalue weighted by atomic mass is 9.97. The van der Waals surface area contributed by atoms with Gasteiger partial charge in [-0.3, -0.25) is 0 Å². The van der Waals surface area contributed by atoms with Gasteiger partial charge >= 0.3 is 0 Å². The lowest BCUT2D eigenvalue weighted by molar-refractivity contribution is 0.495. The topological polar surface area (TPSA) is 12.0 Å². The molecule has 0 amide bonds. The standard InChI is InChI=1S/C18H21BrFN/c1-3-10-21-17(12-14-7-4-6-13(2)11-14)15-8-5-9-16(19)18(15)20/h4-9,11,17,21H,3,10,12H2,1-2H3. The van der Waals surface area contributed by atoms with Gasteiger partial charge in [0.05, 0.1) is 4.47 Å². The highest BCUT2D eigenvalue weighted by molar-refractivity contribution is 9.10. The molecule has 3 heteroatoms. The number of nitrogens with one attached hydrogen (secondary N) is 1. The SMILES string of the molecule is CCCNC(Cc1cccc(C)c1)c1cccc(Br)c1F. The molecule has 0 heterocycles. The zero-order chi connectivity index (χ0) is 15.2. The van der Waals surface area contributed by atoms with Crippen LogP contribution in [0.15, 0.2) is 46.9 Å². The number of aryl methyl sites for hydroxylation is 1. The average molecular weight is 350 g/mol. The Morgan fingerprint density at radius 2 is 1.95 bits per heavy atom. The molecule has 0 aliphatic carbocycles. The minimum Gasteiger partial charge on any atom is -0.310 e. The quantitative estimate of drug-likeness (QED) is 0.757. The summed E-state index contributed by atoms with van der Waals surface area (Å²) in [6.07, 6.45) is 1.81. The summed E-state index contributed by atoms with van der Waals surface area (Å²) >= 11 is 3.28. The maximum absolute atomic E-state index is 14.4. The van der Waals surface area contributed by atoms with E-state index in [1.165, 1.54) is 11.1 Å². The normalized spacial score (nSPS) is 12.4. The molecule has 1 nitrogen and oxygen atoms in total. The van der Waals surface area contributed by atoms with Gasteiger partial charge in [0.15, 0.2) is 0 Å². The zero-order valence-corrected chi connectivity index (χ0v) is 14.1. The highest BCUT2D eigenvalue weighted by Crippen LogP contribution is 2.26. The molecule has 0 radical (unpaired) electrons. The van der Waals surface area contributed by atoms with Crippen molar-refractivity contribution in [2.24, 2.45) is 0 Å². The van der Waals surface area contributed by atoms with E-state index in [0.29, 0.717) is 4.47 Å². The van der Waals surface area contributed by atoms with Crippen molar-refractivity contribution in [3.63, 3.8) is 0 Å². The molecule has 1 N–H and O–H groups in total. The number of hydrogen-bond donors (Lipinski definition) is 1. The second-order valence-corrected chi connectivity index (χ2v) is 6.20. The molecule has 0 spiro atoms. The average Bonchev–Trinajstić information content (AvgIpc) is 2.47. The third-order valence-electron chi connectivity index (χ3n) is 3.52. The molecular weight excluding hydrogens is 329 g/mol. The van der Waals surface area contributed by atoms with Crippen molar-refractivity contribution in [3.05, 3.63) is 69.4 Å². The van der Waals surface area contributed by atoms with Crippen molar-refractivity contribution in [1.82, 2.24) is 5.32 Å². The number of rotatable bonds is 6. The summed E-state index contributed by atoms with van der Waals surface area (Å²) in [6, 6.07) is 13.9. The molecule has 0 fully saturated rings. The molecular formula is C18H21BrFN. The lowest BCUT2D eigenvalue weighted by Gasteiger charge is -2.20. The van der Waals surface area contributed by atoms with Gasteiger partial charge in [-0.2, -0.15) is 0 Å². The van der Waals surface area contributed by atoms with Crippen molar-refractivity contribution >= 4 is 15.9 Å². The minimum absolute atomic E-state index is 0.00995. The molecule has 0 saturated carbocycles. The third-order valence-corrected chi connectivity index (χ3v) is 4.13. The monoisotopic (exact) mass is 349 g/mol. The van der Waals surface area contributed by atoms with E-state index >= 15 is 0 Å². The first-order valence-electron chi connectivity index (χ1n) is 7.34. The summed E-state index contributed by atoms with van der Waals surface area (Å²) in [5, 5.41) is 3.46. The van der Waals surface area contributed by atoms with Gasteiger partial charge in [0.25, 0.3) is 0 Å². The molecule has 0 aromatic heterocycles. The third kappa shape index (κ3) is 4.39. The van der Waals surface area contributed by atoms with Crippen LogP contribution in [0.2, 0.25) is 0 Å². The van der Waals surface area contributed by atoms with Crippen molar-refractivity contribution in [2.75, 3.05) is 6.54 Å². The number of halogens is 2. The molecule has 2 rings (SSSR count). The van der Waals surface area contributed by atoms with Gasteiger partial charge in [0, 0.05) is 11.6 Å². The van der Waals surface area contributed by atoms with Crippen LogP contribution in [-0.4, -0.2) is 6.54 Å². The van der Waals surface area contributed by atoms with E-state index in [1.807, 2.05) is 12.1 Å². The van der Waals surface area contributed by atoms with Gasteiger partial charge in [-0.15, -0.1) is 0 Å². The molecule has 0 aliphatic rings. The van der Waals surface area contributed by atoms with E-state index in [1.54, 1.807) is 6.07 Å². The Bertz CT molecular complexity index is 598. The Balaban J connectivity index is 2.27. The van der Waals surface area contributed by atoms with Crippen molar-refractivity contribution in [1.29, 1.82) is 0 Å². The van der Waals surface area contributed by atoms with Crippen molar-refractivity contribution < 1.29 is 4.39 Å². The van der Waals surface area contributed by atoms with E-state index in [9.17, 15) is 4.39 Å². The van der Waals surface area contributed by atoms with Crippen LogP contribution in [0, 0.1) is 12.7 Å². The molecule has 1 atom stereocenters. The molecule has 2 aromatic rings. The zero-order valence-electron chi connectivity index (χ0n) is 12.5. The largest absolute Gasteiger partial charge is 0.310 e. The van der Waals surface area contributed by atoms with E-state index < -0.39 is 0 Å². The molecule has 2 aromatic carbocycles. The second kappa shape index (κ2) is 7.71. The van der Waals surface area contributed by atoms with E-state index in [0.717, 1.165) is 24.9 Å². The van der Waals surface area contributed by atoms with Crippen LogP contribution >= 0.6 is 15.9 Å². The Kier molecular flexibility index (Phi) is 5.95. The summed E-state index contributed by atoms with van der Waals surface area (Å²) in [5.41, 5.74) is 3.18. The van der Waals surface area contributed by atoms with Crippen LogP contribution < -0.4 is 5.32 Å². The van der Waals surface area contributed by atoms with Gasteiger partial charge in [-0.25, -0.2) is 4.39 Å². The van der Waals surface area contributed by atoms with Crippen LogP contribution in [0.1, 0.15) is 36.1 Å². The van der Waals surface area contributed by atoms with E-state index in [4.69, 9.17) is 0 Å². The first-order valence-corrected chi connectivity index (χ1v) is 8.14. The molecule has 1 unspecified atom stereocenters. The lowest BCUT2D eigenvalue weighted by Crippen LogP contribution is -2.25. The van der Waals surface area contributed by atoms with E-state index in [2.05, 4.69) is 59.4 Å². The smallest absolute Gasteiger partial charge is 0.142 e. The van der Waals surface area contributed by atoms with Gasteiger partial charge in [0.1, 0.15) is 5.82 Å². The van der Waals surface area contributed by atoms with Crippen molar-refractivity contribution in [2.45, 2.75) is 32.7 Å². The maximum Gasteiger partial charge on any atom is 0.142 e. The maximum atomic E-state index is 14.4. The van der Waals surface area contributed by atoms with Gasteiger partial charge in [0.2, 0.25) is 0 Å². The first kappa shape index (κ1) is 16.2. The number of hydrogen-bond acceptors (Lipinski definition) is 1. The van der Waals surface area contributed by atoms with Crippen LogP contribution in [0.3, 0.4) is 0 Å². The fourth-order valence-corrected chi connectivity index (χ4v) is 2.86. The van der Waals surface area contributed by atoms with E-state index in [-0.39, 0.29) is 11.9 Å². The summed E-state index contributed by atoms with van der Waals surface area (Å²) in [7, 11) is 0. The Hall–Kier alpha value is -1.19. The predicted octanol–water partition coefficient (Wildman–Crippen LogP) is 5.18. The predicted molar refractivity (Wildman–Crippen MR) is 90.0 cm³/mol. The van der Waals surface area contributed by atoms with Gasteiger partial charge < -0.3 is 5.32 Å². The summed E-state index contributed by atoms with van der Waals surface area (Å²) in [4.78, 5) is 0. The molecule has 0 saturated heterocycles. The summed E-state index contributed by atoms with van der Waals surface area (Å²) in [6.45, 7) is 5.08.